The van der Waals surface area contributed by atoms with Crippen molar-refractivity contribution >= 4 is 53.3 Å². The van der Waals surface area contributed by atoms with Crippen LogP contribution in [-0.4, -0.2) is 0 Å². The first-order valence-electron chi connectivity index (χ1n) is 3.01. The van der Waals surface area contributed by atoms with Crippen molar-refractivity contribution in [1.29, 1.82) is 0 Å². The number of rotatable bonds is 1. The lowest BCUT2D eigenvalue weighted by Crippen LogP contribution is -1.86. The van der Waals surface area contributed by atoms with Gasteiger partial charge in [0.1, 0.15) is 5.82 Å². The van der Waals surface area contributed by atoms with Gasteiger partial charge in [0.05, 0.1) is 5.02 Å². The molecule has 0 bridgehead atoms. The first kappa shape index (κ1) is 13.1. The van der Waals surface area contributed by atoms with Gasteiger partial charge in [-0.05, 0) is 12.1 Å². The van der Waals surface area contributed by atoms with Gasteiger partial charge in [-0.1, -0.05) is 41.4 Å². The van der Waals surface area contributed by atoms with Crippen molar-refractivity contribution in [2.24, 2.45) is 0 Å². The Balaban J connectivity index is 0.00000144. The summed E-state index contributed by atoms with van der Waals surface area (Å²) in [6.45, 7) is 3.37. The van der Waals surface area contributed by atoms with Gasteiger partial charge in [-0.3, -0.25) is 0 Å². The van der Waals surface area contributed by atoms with Crippen LogP contribution >= 0.6 is 48.3 Å². The zero-order chi connectivity index (χ0) is 9.30. The highest BCUT2D eigenvalue weighted by Gasteiger charge is 2.10. The summed E-state index contributed by atoms with van der Waals surface area (Å²) < 4.78 is 13.0. The molecule has 5 heteroatoms. The minimum atomic E-state index is -0.562. The highest BCUT2D eigenvalue weighted by atomic mass is 35.5. The van der Waals surface area contributed by atoms with Crippen LogP contribution in [0.1, 0.15) is 5.56 Å². The average Bonchev–Trinajstić information content (AvgIpc) is 1.82. The molecular weight excluding hydrogens is 254 g/mol. The maximum absolute atomic E-state index is 13.0. The van der Waals surface area contributed by atoms with Gasteiger partial charge >= 0.3 is 0 Å². The van der Waals surface area contributed by atoms with Gasteiger partial charge in [0.25, 0.3) is 0 Å². The maximum atomic E-state index is 13.0. The van der Waals surface area contributed by atoms with E-state index in [2.05, 4.69) is 6.58 Å². The van der Waals surface area contributed by atoms with Gasteiger partial charge in [-0.2, -0.15) is 13.5 Å². The minimum absolute atomic E-state index is 0. The Morgan fingerprint density at radius 1 is 1.31 bits per heavy atom. The van der Waals surface area contributed by atoms with Crippen molar-refractivity contribution in [2.75, 3.05) is 0 Å². The molecule has 0 aliphatic heterocycles. The summed E-state index contributed by atoms with van der Waals surface area (Å²) in [4.78, 5) is 0. The standard InChI is InChI=1S/C8H4Cl3F.H2S/c1-4(9)8-6(11)2-5(10)3-7(8)12;/h2-3H,1H2;1H2. The molecule has 0 atom stereocenters. The quantitative estimate of drug-likeness (QED) is 0.699. The fourth-order valence-corrected chi connectivity index (χ4v) is 1.62. The third-order valence-corrected chi connectivity index (χ3v) is 1.98. The summed E-state index contributed by atoms with van der Waals surface area (Å²) in [7, 11) is 0. The Bertz CT molecular complexity index is 315. The van der Waals surface area contributed by atoms with E-state index in [0.717, 1.165) is 6.07 Å². The van der Waals surface area contributed by atoms with E-state index in [0.29, 0.717) is 0 Å². The van der Waals surface area contributed by atoms with Crippen LogP contribution in [0.4, 0.5) is 4.39 Å². The fraction of sp³-hybridized carbons (Fsp3) is 0. The van der Waals surface area contributed by atoms with Gasteiger partial charge in [0, 0.05) is 15.6 Å². The Kier molecular flexibility index (Phi) is 5.15. The number of hydrogen-bond donors (Lipinski definition) is 0. The topological polar surface area (TPSA) is 0 Å². The summed E-state index contributed by atoms with van der Waals surface area (Å²) in [5.41, 5.74) is 0.0998. The summed E-state index contributed by atoms with van der Waals surface area (Å²) in [5.74, 6) is -0.562. The molecule has 0 amide bonds. The largest absolute Gasteiger partial charge is 0.206 e. The summed E-state index contributed by atoms with van der Waals surface area (Å²) in [6.07, 6.45) is 0. The molecule has 72 valence electrons. The predicted molar refractivity (Wildman–Crippen MR) is 61.7 cm³/mol. The Labute approximate surface area is 97.7 Å². The predicted octanol–water partition coefficient (Wildman–Crippen LogP) is 4.45. The monoisotopic (exact) mass is 258 g/mol. The van der Waals surface area contributed by atoms with Crippen LogP contribution in [0.15, 0.2) is 18.7 Å². The molecule has 0 spiro atoms. The molecule has 0 unspecified atom stereocenters. The van der Waals surface area contributed by atoms with Crippen LogP contribution in [-0.2, 0) is 0 Å². The maximum Gasteiger partial charge on any atom is 0.134 e. The molecule has 0 aliphatic carbocycles. The molecule has 1 rings (SSSR count). The van der Waals surface area contributed by atoms with Gasteiger partial charge in [0.15, 0.2) is 0 Å². The average molecular weight is 260 g/mol. The van der Waals surface area contributed by atoms with Crippen molar-refractivity contribution in [3.05, 3.63) is 40.1 Å². The number of hydrogen-bond acceptors (Lipinski definition) is 0. The molecule has 0 aromatic heterocycles. The zero-order valence-electron chi connectivity index (χ0n) is 6.37. The molecule has 13 heavy (non-hydrogen) atoms. The van der Waals surface area contributed by atoms with E-state index in [4.69, 9.17) is 34.8 Å². The summed E-state index contributed by atoms with van der Waals surface area (Å²) in [6, 6.07) is 2.55. The fourth-order valence-electron chi connectivity index (χ4n) is 0.801. The van der Waals surface area contributed by atoms with E-state index in [-0.39, 0.29) is 34.1 Å². The second-order valence-corrected chi connectivity index (χ2v) is 3.45. The van der Waals surface area contributed by atoms with Crippen LogP contribution < -0.4 is 0 Å². The van der Waals surface area contributed by atoms with Crippen LogP contribution in [0.25, 0.3) is 5.03 Å². The normalized spacial score (nSPS) is 9.23. The summed E-state index contributed by atoms with van der Waals surface area (Å²) >= 11 is 16.7. The van der Waals surface area contributed by atoms with Crippen LogP contribution in [0.5, 0.6) is 0 Å². The first-order valence-corrected chi connectivity index (χ1v) is 4.15. The second-order valence-electron chi connectivity index (χ2n) is 2.15. The number of benzene rings is 1. The highest BCUT2D eigenvalue weighted by molar-refractivity contribution is 7.59. The minimum Gasteiger partial charge on any atom is -0.206 e. The third kappa shape index (κ3) is 3.06. The van der Waals surface area contributed by atoms with E-state index in [1.807, 2.05) is 0 Å². The lowest BCUT2D eigenvalue weighted by Gasteiger charge is -2.03. The second kappa shape index (κ2) is 5.11. The lowest BCUT2D eigenvalue weighted by molar-refractivity contribution is 0.625. The number of halogens is 4. The molecule has 0 radical (unpaired) electrons. The molecule has 0 aliphatic rings. The van der Waals surface area contributed by atoms with Crippen LogP contribution in [0, 0.1) is 5.82 Å². The molecule has 1 aromatic carbocycles. The molecule has 0 nitrogen and oxygen atoms in total. The van der Waals surface area contributed by atoms with Gasteiger partial charge in [0.2, 0.25) is 0 Å². The zero-order valence-corrected chi connectivity index (χ0v) is 9.64. The lowest BCUT2D eigenvalue weighted by atomic mass is 10.2. The van der Waals surface area contributed by atoms with Gasteiger partial charge in [-0.25, -0.2) is 4.39 Å². The van der Waals surface area contributed by atoms with Gasteiger partial charge in [-0.15, -0.1) is 0 Å². The molecule has 0 heterocycles. The molecule has 0 fully saturated rings. The Hall–Kier alpha value is 0.110. The van der Waals surface area contributed by atoms with Crippen molar-refractivity contribution in [1.82, 2.24) is 0 Å². The van der Waals surface area contributed by atoms with Crippen LogP contribution in [0.2, 0.25) is 10.0 Å². The van der Waals surface area contributed by atoms with E-state index in [1.165, 1.54) is 6.07 Å². The van der Waals surface area contributed by atoms with Crippen molar-refractivity contribution in [3.8, 4) is 0 Å². The molecule has 0 saturated heterocycles. The van der Waals surface area contributed by atoms with E-state index in [1.54, 1.807) is 0 Å². The molecule has 0 N–H and O–H groups in total. The van der Waals surface area contributed by atoms with E-state index in [9.17, 15) is 4.39 Å². The SMILES string of the molecule is C=C(Cl)c1c(F)cc(Cl)cc1Cl.S. The van der Waals surface area contributed by atoms with Crippen LogP contribution in [0.3, 0.4) is 0 Å². The highest BCUT2D eigenvalue weighted by Crippen LogP contribution is 2.30. The molecular formula is C8H6Cl3FS. The van der Waals surface area contributed by atoms with E-state index < -0.39 is 5.82 Å². The van der Waals surface area contributed by atoms with Crippen molar-refractivity contribution in [3.63, 3.8) is 0 Å². The van der Waals surface area contributed by atoms with E-state index >= 15 is 0 Å². The van der Waals surface area contributed by atoms with Crippen molar-refractivity contribution < 1.29 is 4.39 Å². The van der Waals surface area contributed by atoms with Crippen molar-refractivity contribution in [2.45, 2.75) is 0 Å². The first-order chi connectivity index (χ1) is 5.52. The Morgan fingerprint density at radius 3 is 2.23 bits per heavy atom. The Morgan fingerprint density at radius 2 is 1.85 bits per heavy atom. The third-order valence-electron chi connectivity index (χ3n) is 1.28. The molecule has 1 aromatic rings. The smallest absolute Gasteiger partial charge is 0.134 e. The van der Waals surface area contributed by atoms with Gasteiger partial charge < -0.3 is 0 Å². The molecule has 0 saturated carbocycles. The summed E-state index contributed by atoms with van der Waals surface area (Å²) in [5, 5.41) is 0.466.